The van der Waals surface area contributed by atoms with Gasteiger partial charge in [0.05, 0.1) is 0 Å². The lowest BCUT2D eigenvalue weighted by Gasteiger charge is -2.38. The average Bonchev–Trinajstić information content (AvgIpc) is 3.15. The van der Waals surface area contributed by atoms with Crippen LogP contribution in [0.4, 0.5) is 15.6 Å². The summed E-state index contributed by atoms with van der Waals surface area (Å²) in [5, 5.41) is 8.28. The van der Waals surface area contributed by atoms with Crippen LogP contribution in [0.2, 0.25) is 0 Å². The van der Waals surface area contributed by atoms with E-state index < -0.39 is 0 Å². The van der Waals surface area contributed by atoms with Crippen LogP contribution in [0.3, 0.4) is 0 Å². The van der Waals surface area contributed by atoms with E-state index in [-0.39, 0.29) is 11.9 Å². The van der Waals surface area contributed by atoms with Crippen molar-refractivity contribution in [3.63, 3.8) is 0 Å². The first-order valence-corrected chi connectivity index (χ1v) is 9.84. The summed E-state index contributed by atoms with van der Waals surface area (Å²) >= 11 is 1.42. The molecule has 3 rings (SSSR count). The first kappa shape index (κ1) is 18.4. The van der Waals surface area contributed by atoms with Crippen molar-refractivity contribution in [3.8, 4) is 0 Å². The Hall–Kier alpha value is -2.41. The Morgan fingerprint density at radius 1 is 1.23 bits per heavy atom. The van der Waals surface area contributed by atoms with Crippen LogP contribution in [-0.2, 0) is 4.79 Å². The predicted octanol–water partition coefficient (Wildman–Crippen LogP) is 4.05. The highest BCUT2D eigenvalue weighted by molar-refractivity contribution is 7.13. The standard InChI is InChI=1S/C19H24N4O2S/c1-2-14-13-23(19(25)21-16-6-4-3-5-7-16)10-8-15(14)12-17(24)22-18-20-9-11-26-18/h3-7,9,11,14-15H,2,8,10,12-13H2,1H3,(H,21,25)(H,20,22,24). The molecule has 1 saturated heterocycles. The number of para-hydroxylation sites is 1. The van der Waals surface area contributed by atoms with Crippen LogP contribution in [0.15, 0.2) is 41.9 Å². The largest absolute Gasteiger partial charge is 0.324 e. The minimum atomic E-state index is -0.0691. The van der Waals surface area contributed by atoms with Crippen LogP contribution < -0.4 is 10.6 Å². The maximum Gasteiger partial charge on any atom is 0.321 e. The minimum Gasteiger partial charge on any atom is -0.324 e. The Kier molecular flexibility index (Phi) is 6.22. The normalized spacial score (nSPS) is 19.8. The van der Waals surface area contributed by atoms with Gasteiger partial charge in [0.2, 0.25) is 5.91 Å². The van der Waals surface area contributed by atoms with Gasteiger partial charge in [-0.15, -0.1) is 11.3 Å². The molecule has 138 valence electrons. The Balaban J connectivity index is 1.53. The third-order valence-corrected chi connectivity index (χ3v) is 5.54. The van der Waals surface area contributed by atoms with E-state index in [0.29, 0.717) is 36.5 Å². The molecule has 2 unspecified atom stereocenters. The van der Waals surface area contributed by atoms with E-state index in [1.165, 1.54) is 11.3 Å². The summed E-state index contributed by atoms with van der Waals surface area (Å²) in [5.41, 5.74) is 0.801. The molecule has 26 heavy (non-hydrogen) atoms. The second kappa shape index (κ2) is 8.80. The molecule has 0 radical (unpaired) electrons. The van der Waals surface area contributed by atoms with Crippen molar-refractivity contribution in [2.45, 2.75) is 26.2 Å². The Labute approximate surface area is 157 Å². The van der Waals surface area contributed by atoms with Crippen molar-refractivity contribution in [2.24, 2.45) is 11.8 Å². The molecular formula is C19H24N4O2S. The number of piperidine rings is 1. The molecule has 1 aliphatic heterocycles. The van der Waals surface area contributed by atoms with Crippen LogP contribution in [-0.4, -0.2) is 34.9 Å². The SMILES string of the molecule is CCC1CN(C(=O)Nc2ccccc2)CCC1CC(=O)Nc1nccs1. The van der Waals surface area contributed by atoms with Crippen LogP contribution in [0, 0.1) is 11.8 Å². The number of aromatic nitrogens is 1. The number of urea groups is 1. The molecule has 2 N–H and O–H groups in total. The molecule has 2 aromatic rings. The van der Waals surface area contributed by atoms with Crippen molar-refractivity contribution in [1.82, 2.24) is 9.88 Å². The van der Waals surface area contributed by atoms with Crippen LogP contribution in [0.5, 0.6) is 0 Å². The summed E-state index contributed by atoms with van der Waals surface area (Å²) < 4.78 is 0. The maximum atomic E-state index is 12.5. The highest BCUT2D eigenvalue weighted by Crippen LogP contribution is 2.30. The van der Waals surface area contributed by atoms with Crippen molar-refractivity contribution in [3.05, 3.63) is 41.9 Å². The summed E-state index contributed by atoms with van der Waals surface area (Å²) in [7, 11) is 0. The highest BCUT2D eigenvalue weighted by atomic mass is 32.1. The van der Waals surface area contributed by atoms with Crippen LogP contribution in [0.1, 0.15) is 26.2 Å². The molecule has 3 amide bonds. The fourth-order valence-electron chi connectivity index (χ4n) is 3.41. The van der Waals surface area contributed by atoms with Gasteiger partial charge in [0.15, 0.2) is 5.13 Å². The van der Waals surface area contributed by atoms with E-state index in [0.717, 1.165) is 18.5 Å². The molecule has 0 spiro atoms. The lowest BCUT2D eigenvalue weighted by atomic mass is 9.81. The zero-order valence-corrected chi connectivity index (χ0v) is 15.7. The highest BCUT2D eigenvalue weighted by Gasteiger charge is 2.31. The maximum absolute atomic E-state index is 12.5. The van der Waals surface area contributed by atoms with Gasteiger partial charge in [0, 0.05) is 36.8 Å². The number of rotatable bonds is 5. The van der Waals surface area contributed by atoms with E-state index in [2.05, 4.69) is 22.5 Å². The van der Waals surface area contributed by atoms with Gasteiger partial charge in [0.1, 0.15) is 0 Å². The number of thiazole rings is 1. The first-order valence-electron chi connectivity index (χ1n) is 8.96. The average molecular weight is 372 g/mol. The number of anilines is 2. The van der Waals surface area contributed by atoms with Crippen LogP contribution >= 0.6 is 11.3 Å². The number of likely N-dealkylation sites (tertiary alicyclic amines) is 1. The first-order chi connectivity index (χ1) is 12.7. The lowest BCUT2D eigenvalue weighted by molar-refractivity contribution is -0.117. The van der Waals surface area contributed by atoms with Gasteiger partial charge in [-0.25, -0.2) is 9.78 Å². The second-order valence-corrected chi connectivity index (χ2v) is 7.44. The van der Waals surface area contributed by atoms with Gasteiger partial charge in [-0.3, -0.25) is 4.79 Å². The monoisotopic (exact) mass is 372 g/mol. The van der Waals surface area contributed by atoms with Gasteiger partial charge < -0.3 is 15.5 Å². The molecule has 2 heterocycles. The van der Waals surface area contributed by atoms with Gasteiger partial charge >= 0.3 is 6.03 Å². The van der Waals surface area contributed by atoms with E-state index in [9.17, 15) is 9.59 Å². The molecule has 1 aliphatic rings. The molecular weight excluding hydrogens is 348 g/mol. The molecule has 0 bridgehead atoms. The number of amides is 3. The van der Waals surface area contributed by atoms with Gasteiger partial charge in [-0.1, -0.05) is 31.5 Å². The zero-order valence-electron chi connectivity index (χ0n) is 14.9. The summed E-state index contributed by atoms with van der Waals surface area (Å²) in [4.78, 5) is 30.7. The van der Waals surface area contributed by atoms with Crippen molar-refractivity contribution >= 4 is 34.1 Å². The van der Waals surface area contributed by atoms with E-state index in [4.69, 9.17) is 0 Å². The molecule has 7 heteroatoms. The Morgan fingerprint density at radius 2 is 2.04 bits per heavy atom. The number of hydrogen-bond acceptors (Lipinski definition) is 4. The molecule has 1 aromatic heterocycles. The minimum absolute atomic E-state index is 0.00517. The second-order valence-electron chi connectivity index (χ2n) is 6.55. The zero-order chi connectivity index (χ0) is 18.4. The van der Waals surface area contributed by atoms with Gasteiger partial charge in [-0.2, -0.15) is 0 Å². The van der Waals surface area contributed by atoms with E-state index in [1.54, 1.807) is 6.20 Å². The third-order valence-electron chi connectivity index (χ3n) is 4.85. The number of carbonyl (C=O) groups is 2. The smallest absolute Gasteiger partial charge is 0.321 e. The number of benzene rings is 1. The van der Waals surface area contributed by atoms with Crippen molar-refractivity contribution < 1.29 is 9.59 Å². The summed E-state index contributed by atoms with van der Waals surface area (Å²) in [6, 6.07) is 9.41. The predicted molar refractivity (Wildman–Crippen MR) is 104 cm³/mol. The van der Waals surface area contributed by atoms with Gasteiger partial charge in [0.25, 0.3) is 0 Å². The van der Waals surface area contributed by atoms with Crippen molar-refractivity contribution in [2.75, 3.05) is 23.7 Å². The van der Waals surface area contributed by atoms with E-state index >= 15 is 0 Å². The number of nitrogens with zero attached hydrogens (tertiary/aromatic N) is 2. The quantitative estimate of drug-likeness (QED) is 0.831. The fourth-order valence-corrected chi connectivity index (χ4v) is 3.96. The summed E-state index contributed by atoms with van der Waals surface area (Å²) in [6.07, 6.45) is 3.95. The Bertz CT molecular complexity index is 720. The molecule has 0 aliphatic carbocycles. The Morgan fingerprint density at radius 3 is 2.73 bits per heavy atom. The molecule has 6 nitrogen and oxygen atoms in total. The molecule has 1 aromatic carbocycles. The molecule has 1 fully saturated rings. The van der Waals surface area contributed by atoms with Crippen molar-refractivity contribution in [1.29, 1.82) is 0 Å². The number of nitrogens with one attached hydrogen (secondary N) is 2. The topological polar surface area (TPSA) is 74.3 Å². The van der Waals surface area contributed by atoms with Gasteiger partial charge in [-0.05, 0) is 30.4 Å². The number of hydrogen-bond donors (Lipinski definition) is 2. The summed E-state index contributed by atoms with van der Waals surface area (Å²) in [6.45, 7) is 3.48. The molecule has 0 saturated carbocycles. The summed E-state index contributed by atoms with van der Waals surface area (Å²) in [5.74, 6) is 0.624. The third kappa shape index (κ3) is 4.82. The van der Waals surface area contributed by atoms with Crippen LogP contribution in [0.25, 0.3) is 0 Å². The van der Waals surface area contributed by atoms with E-state index in [1.807, 2.05) is 40.6 Å². The number of carbonyl (C=O) groups excluding carboxylic acids is 2. The molecule has 2 atom stereocenters. The lowest BCUT2D eigenvalue weighted by Crippen LogP contribution is -2.46. The fraction of sp³-hybridized carbons (Fsp3) is 0.421.